The van der Waals surface area contributed by atoms with Crippen molar-refractivity contribution in [3.05, 3.63) is 47.0 Å². The van der Waals surface area contributed by atoms with Gasteiger partial charge in [0.15, 0.2) is 5.13 Å². The van der Waals surface area contributed by atoms with Crippen LogP contribution >= 0.6 is 22.9 Å². The third kappa shape index (κ3) is 3.66. The van der Waals surface area contributed by atoms with Crippen molar-refractivity contribution >= 4 is 61.2 Å². The Labute approximate surface area is 170 Å². The maximum absolute atomic E-state index is 12.2. The zero-order valence-corrected chi connectivity index (χ0v) is 16.8. The molecule has 0 aliphatic carbocycles. The van der Waals surface area contributed by atoms with Crippen LogP contribution in [0.25, 0.3) is 21.3 Å². The predicted molar refractivity (Wildman–Crippen MR) is 113 cm³/mol. The summed E-state index contributed by atoms with van der Waals surface area (Å²) < 4.78 is 2.90. The van der Waals surface area contributed by atoms with Crippen LogP contribution in [0.2, 0.25) is 5.02 Å². The Morgan fingerprint density at radius 2 is 2.07 bits per heavy atom. The van der Waals surface area contributed by atoms with Gasteiger partial charge < -0.3 is 20.3 Å². The second kappa shape index (κ2) is 7.38. The number of fused-ring (bicyclic) bond motifs is 2. The van der Waals surface area contributed by atoms with E-state index < -0.39 is 6.10 Å². The number of nitrogens with one attached hydrogen (secondary N) is 2. The minimum atomic E-state index is -0.595. The molecule has 0 saturated carbocycles. The third-order valence-electron chi connectivity index (χ3n) is 4.27. The highest BCUT2D eigenvalue weighted by molar-refractivity contribution is 7.22. The number of thiazole rings is 1. The third-order valence-corrected chi connectivity index (χ3v) is 5.44. The van der Waals surface area contributed by atoms with Gasteiger partial charge in [0, 0.05) is 24.2 Å². The van der Waals surface area contributed by atoms with Crippen LogP contribution in [-0.2, 0) is 7.05 Å². The molecule has 2 aromatic heterocycles. The fourth-order valence-corrected chi connectivity index (χ4v) is 3.98. The number of aryl methyl sites for hydroxylation is 1. The van der Waals surface area contributed by atoms with Crippen LogP contribution in [0.15, 0.2) is 36.4 Å². The SMILES string of the molecule is C[C@H](O)CNC(=O)c1ccc2c(c1)nc(Nc1nc3ccc(Cl)cc3s1)n2C. The summed E-state index contributed by atoms with van der Waals surface area (Å²) in [4.78, 5) is 21.4. The lowest BCUT2D eigenvalue weighted by molar-refractivity contribution is 0.0924. The highest BCUT2D eigenvalue weighted by Gasteiger charge is 2.14. The van der Waals surface area contributed by atoms with Crippen molar-refractivity contribution in [1.82, 2.24) is 19.9 Å². The lowest BCUT2D eigenvalue weighted by Gasteiger charge is -2.07. The Kier molecular flexibility index (Phi) is 4.92. The Hall–Kier alpha value is -2.68. The van der Waals surface area contributed by atoms with Crippen molar-refractivity contribution in [3.63, 3.8) is 0 Å². The van der Waals surface area contributed by atoms with Crippen molar-refractivity contribution in [2.24, 2.45) is 7.05 Å². The first-order chi connectivity index (χ1) is 13.4. The number of carbonyl (C=O) groups excluding carboxylic acids is 1. The number of benzene rings is 2. The molecule has 0 radical (unpaired) electrons. The molecule has 144 valence electrons. The minimum absolute atomic E-state index is 0.202. The summed E-state index contributed by atoms with van der Waals surface area (Å²) >= 11 is 7.54. The van der Waals surface area contributed by atoms with Gasteiger partial charge in [0.2, 0.25) is 5.95 Å². The van der Waals surface area contributed by atoms with Gasteiger partial charge in [-0.1, -0.05) is 22.9 Å². The maximum atomic E-state index is 12.2. The Morgan fingerprint density at radius 1 is 1.25 bits per heavy atom. The molecule has 7 nitrogen and oxygen atoms in total. The fraction of sp³-hybridized carbons (Fsp3) is 0.211. The number of aliphatic hydroxyl groups is 1. The van der Waals surface area contributed by atoms with Gasteiger partial charge in [-0.05, 0) is 43.3 Å². The first-order valence-electron chi connectivity index (χ1n) is 8.66. The number of imidazole rings is 1. The van der Waals surface area contributed by atoms with E-state index in [1.807, 2.05) is 35.9 Å². The lowest BCUT2D eigenvalue weighted by Crippen LogP contribution is -2.30. The number of halogens is 1. The second-order valence-corrected chi connectivity index (χ2v) is 7.98. The monoisotopic (exact) mass is 415 g/mol. The van der Waals surface area contributed by atoms with E-state index in [2.05, 4.69) is 20.6 Å². The predicted octanol–water partition coefficient (Wildman–Crippen LogP) is 3.69. The fourth-order valence-electron chi connectivity index (χ4n) is 2.84. The van der Waals surface area contributed by atoms with E-state index in [0.29, 0.717) is 27.2 Å². The molecule has 4 rings (SSSR count). The molecule has 0 unspecified atom stereocenters. The summed E-state index contributed by atoms with van der Waals surface area (Å²) in [6, 6.07) is 10.9. The van der Waals surface area contributed by atoms with Crippen LogP contribution in [0.3, 0.4) is 0 Å². The number of hydrogen-bond acceptors (Lipinski definition) is 6. The molecule has 3 N–H and O–H groups in total. The van der Waals surface area contributed by atoms with Gasteiger partial charge in [0.1, 0.15) is 0 Å². The summed E-state index contributed by atoms with van der Waals surface area (Å²) in [7, 11) is 1.90. The average Bonchev–Trinajstić information content (AvgIpc) is 3.19. The van der Waals surface area contributed by atoms with Gasteiger partial charge in [0.25, 0.3) is 5.91 Å². The average molecular weight is 416 g/mol. The molecule has 2 aromatic carbocycles. The first kappa shape index (κ1) is 18.7. The summed E-state index contributed by atoms with van der Waals surface area (Å²) in [6.45, 7) is 1.82. The first-order valence-corrected chi connectivity index (χ1v) is 9.86. The van der Waals surface area contributed by atoms with Crippen LogP contribution in [0, 0.1) is 0 Å². The van der Waals surface area contributed by atoms with Crippen molar-refractivity contribution in [2.45, 2.75) is 13.0 Å². The van der Waals surface area contributed by atoms with Crippen LogP contribution in [0.4, 0.5) is 11.1 Å². The molecule has 0 bridgehead atoms. The van der Waals surface area contributed by atoms with Gasteiger partial charge in [-0.25, -0.2) is 9.97 Å². The van der Waals surface area contributed by atoms with Gasteiger partial charge in [0.05, 0.1) is 27.4 Å². The topological polar surface area (TPSA) is 92.1 Å². The van der Waals surface area contributed by atoms with E-state index in [1.165, 1.54) is 11.3 Å². The molecule has 0 fully saturated rings. The molecule has 1 amide bonds. The van der Waals surface area contributed by atoms with Gasteiger partial charge in [-0.2, -0.15) is 0 Å². The highest BCUT2D eigenvalue weighted by Crippen LogP contribution is 2.30. The van der Waals surface area contributed by atoms with Gasteiger partial charge >= 0.3 is 0 Å². The normalized spacial score (nSPS) is 12.4. The molecule has 1 atom stereocenters. The largest absolute Gasteiger partial charge is 0.392 e. The van der Waals surface area contributed by atoms with Crippen LogP contribution in [0.1, 0.15) is 17.3 Å². The second-order valence-electron chi connectivity index (χ2n) is 6.51. The smallest absolute Gasteiger partial charge is 0.251 e. The van der Waals surface area contributed by atoms with E-state index in [9.17, 15) is 9.90 Å². The maximum Gasteiger partial charge on any atom is 0.251 e. The molecule has 0 aliphatic heterocycles. The Morgan fingerprint density at radius 3 is 2.86 bits per heavy atom. The molecule has 9 heteroatoms. The number of nitrogens with zero attached hydrogens (tertiary/aromatic N) is 3. The highest BCUT2D eigenvalue weighted by atomic mass is 35.5. The van der Waals surface area contributed by atoms with Crippen LogP contribution in [-0.4, -0.2) is 38.2 Å². The summed E-state index contributed by atoms with van der Waals surface area (Å²) in [6.07, 6.45) is -0.595. The lowest BCUT2D eigenvalue weighted by atomic mass is 10.2. The van der Waals surface area contributed by atoms with E-state index in [1.54, 1.807) is 19.1 Å². The molecular weight excluding hydrogens is 398 g/mol. The van der Waals surface area contributed by atoms with Crippen molar-refractivity contribution in [3.8, 4) is 0 Å². The number of aromatic nitrogens is 3. The van der Waals surface area contributed by atoms with Crippen LogP contribution in [0.5, 0.6) is 0 Å². The van der Waals surface area contributed by atoms with Gasteiger partial charge in [-0.3, -0.25) is 4.79 Å². The summed E-state index contributed by atoms with van der Waals surface area (Å²) in [5, 5.41) is 16.6. The Balaban J connectivity index is 1.62. The summed E-state index contributed by atoms with van der Waals surface area (Å²) in [5.74, 6) is 0.382. The zero-order chi connectivity index (χ0) is 19.8. The molecular formula is C19H18ClN5O2S. The standard InChI is InChI=1S/C19H18ClN5O2S/c1-10(26)9-21-17(27)11-3-6-15-14(7-11)22-18(25(15)2)24-19-23-13-5-4-12(20)8-16(13)28-19/h3-8,10,26H,9H2,1-2H3,(H,21,27)(H,22,23,24)/t10-/m0/s1. The minimum Gasteiger partial charge on any atom is -0.392 e. The molecule has 0 aliphatic rings. The number of hydrogen-bond donors (Lipinski definition) is 3. The van der Waals surface area contributed by atoms with Gasteiger partial charge in [-0.15, -0.1) is 0 Å². The molecule has 2 heterocycles. The van der Waals surface area contributed by atoms with Crippen molar-refractivity contribution in [2.75, 3.05) is 11.9 Å². The number of rotatable bonds is 5. The molecule has 28 heavy (non-hydrogen) atoms. The quantitative estimate of drug-likeness (QED) is 0.462. The van der Waals surface area contributed by atoms with Crippen molar-refractivity contribution in [1.29, 1.82) is 0 Å². The molecule has 0 spiro atoms. The zero-order valence-electron chi connectivity index (χ0n) is 15.2. The van der Waals surface area contributed by atoms with E-state index in [-0.39, 0.29) is 12.5 Å². The van der Waals surface area contributed by atoms with Crippen molar-refractivity contribution < 1.29 is 9.90 Å². The summed E-state index contributed by atoms with van der Waals surface area (Å²) in [5.41, 5.74) is 2.94. The molecule has 4 aromatic rings. The number of carbonyl (C=O) groups is 1. The van der Waals surface area contributed by atoms with E-state index in [0.717, 1.165) is 15.7 Å². The number of aliphatic hydroxyl groups excluding tert-OH is 1. The van der Waals surface area contributed by atoms with E-state index >= 15 is 0 Å². The number of anilines is 2. The number of amides is 1. The Bertz CT molecular complexity index is 1180. The van der Waals surface area contributed by atoms with Crippen LogP contribution < -0.4 is 10.6 Å². The molecule has 0 saturated heterocycles. The van der Waals surface area contributed by atoms with E-state index in [4.69, 9.17) is 11.6 Å².